The van der Waals surface area contributed by atoms with E-state index in [1.54, 1.807) is 30.3 Å². The molecule has 4 atom stereocenters. The fraction of sp³-hybridized carbons (Fsp3) is 0.214. The lowest BCUT2D eigenvalue weighted by atomic mass is 9.71. The van der Waals surface area contributed by atoms with Crippen molar-refractivity contribution in [2.45, 2.75) is 30.5 Å². The van der Waals surface area contributed by atoms with E-state index in [-0.39, 0.29) is 16.7 Å². The third kappa shape index (κ3) is 4.67. The first-order valence-corrected chi connectivity index (χ1v) is 11.4. The van der Waals surface area contributed by atoms with Gasteiger partial charge in [-0.2, -0.15) is 0 Å². The topological polar surface area (TPSA) is 136 Å². The van der Waals surface area contributed by atoms with E-state index in [0.29, 0.717) is 0 Å². The number of ether oxygens (including phenoxy) is 3. The van der Waals surface area contributed by atoms with E-state index in [2.05, 4.69) is 0 Å². The molecule has 4 rings (SSSR count). The molecule has 3 aromatic rings. The van der Waals surface area contributed by atoms with Crippen LogP contribution in [0.4, 0.5) is 0 Å². The lowest BCUT2D eigenvalue weighted by molar-refractivity contribution is -0.200. The van der Waals surface area contributed by atoms with E-state index in [4.69, 9.17) is 14.2 Å². The summed E-state index contributed by atoms with van der Waals surface area (Å²) in [5.41, 5.74) is -6.05. The lowest BCUT2D eigenvalue weighted by Gasteiger charge is -2.37. The van der Waals surface area contributed by atoms with Crippen LogP contribution in [0.3, 0.4) is 0 Å². The number of esters is 2. The molecule has 9 heteroatoms. The normalized spacial score (nSPS) is 24.7. The Morgan fingerprint density at radius 2 is 1.16 bits per heavy atom. The molecule has 0 spiro atoms. The molecule has 1 aliphatic rings. The highest BCUT2D eigenvalue weighted by Gasteiger charge is 2.75. The van der Waals surface area contributed by atoms with Crippen molar-refractivity contribution < 1.29 is 43.6 Å². The van der Waals surface area contributed by atoms with Gasteiger partial charge in [0.25, 0.3) is 0 Å². The minimum atomic E-state index is -3.09. The predicted molar refractivity (Wildman–Crippen MR) is 129 cm³/mol. The monoisotopic (exact) mass is 504 g/mol. The number of rotatable bonds is 8. The molecule has 0 unspecified atom stereocenters. The van der Waals surface area contributed by atoms with Gasteiger partial charge in [-0.15, -0.1) is 0 Å². The Labute approximate surface area is 212 Å². The Morgan fingerprint density at radius 1 is 0.730 bits per heavy atom. The Morgan fingerprint density at radius 3 is 1.62 bits per heavy atom. The van der Waals surface area contributed by atoms with Crippen molar-refractivity contribution in [2.24, 2.45) is 0 Å². The molecule has 1 saturated heterocycles. The van der Waals surface area contributed by atoms with E-state index in [9.17, 15) is 29.4 Å². The predicted octanol–water partition coefficient (Wildman–Crippen LogP) is 2.36. The van der Waals surface area contributed by atoms with Crippen LogP contribution in [-0.4, -0.2) is 63.9 Å². The first-order valence-electron chi connectivity index (χ1n) is 11.4. The van der Waals surface area contributed by atoms with Crippen molar-refractivity contribution in [1.82, 2.24) is 0 Å². The van der Waals surface area contributed by atoms with Crippen LogP contribution in [0.25, 0.3) is 0 Å². The number of benzene rings is 3. The van der Waals surface area contributed by atoms with E-state index in [1.165, 1.54) is 60.7 Å². The summed E-state index contributed by atoms with van der Waals surface area (Å²) >= 11 is 0. The van der Waals surface area contributed by atoms with Crippen molar-refractivity contribution in [2.75, 3.05) is 6.61 Å². The minimum Gasteiger partial charge on any atom is -0.459 e. The highest BCUT2D eigenvalue weighted by atomic mass is 16.7. The zero-order chi connectivity index (χ0) is 26.6. The summed E-state index contributed by atoms with van der Waals surface area (Å²) < 4.78 is 16.0. The van der Waals surface area contributed by atoms with Crippen LogP contribution in [0.15, 0.2) is 91.0 Å². The van der Waals surface area contributed by atoms with Gasteiger partial charge < -0.3 is 24.4 Å². The standard InChI is InChI=1S/C28H24O9/c1-18(29)36-26-28(34,24(31)20-13-7-3-8-14-20)27(33,23(30)19-11-5-2-6-12-19)22(37-26)17-35-25(32)21-15-9-4-10-16-21/h2-16,22,26,33-34H,17H2,1H3/t22-,26-,27+,28+/m1/s1. The van der Waals surface area contributed by atoms with Crippen molar-refractivity contribution in [3.63, 3.8) is 0 Å². The van der Waals surface area contributed by atoms with E-state index < -0.39 is 53.7 Å². The van der Waals surface area contributed by atoms with E-state index in [0.717, 1.165) is 6.92 Å². The number of carbonyl (C=O) groups excluding carboxylic acids is 4. The van der Waals surface area contributed by atoms with Crippen molar-refractivity contribution in [1.29, 1.82) is 0 Å². The number of Topliss-reactive ketones (excluding diaryl/α,β-unsaturated/α-hetero) is 2. The molecule has 0 bridgehead atoms. The zero-order valence-electron chi connectivity index (χ0n) is 19.8. The molecule has 0 aliphatic carbocycles. The highest BCUT2D eigenvalue weighted by molar-refractivity contribution is 6.13. The molecule has 0 aromatic heterocycles. The molecule has 37 heavy (non-hydrogen) atoms. The number of aliphatic hydroxyl groups is 2. The maximum atomic E-state index is 13.8. The van der Waals surface area contributed by atoms with Crippen LogP contribution in [-0.2, 0) is 19.0 Å². The molecule has 3 aromatic carbocycles. The Bertz CT molecular complexity index is 1290. The fourth-order valence-corrected chi connectivity index (χ4v) is 4.22. The third-order valence-corrected chi connectivity index (χ3v) is 6.09. The summed E-state index contributed by atoms with van der Waals surface area (Å²) in [4.78, 5) is 51.9. The smallest absolute Gasteiger partial charge is 0.338 e. The molecule has 0 saturated carbocycles. The van der Waals surface area contributed by atoms with Gasteiger partial charge in [0, 0.05) is 18.1 Å². The van der Waals surface area contributed by atoms with Gasteiger partial charge in [-0.05, 0) is 12.1 Å². The van der Waals surface area contributed by atoms with Gasteiger partial charge in [0.15, 0.2) is 5.60 Å². The molecule has 2 N–H and O–H groups in total. The van der Waals surface area contributed by atoms with Gasteiger partial charge in [-0.25, -0.2) is 4.79 Å². The van der Waals surface area contributed by atoms with E-state index >= 15 is 0 Å². The van der Waals surface area contributed by atoms with Gasteiger partial charge in [0.2, 0.25) is 23.5 Å². The molecular formula is C28H24O9. The second-order valence-electron chi connectivity index (χ2n) is 8.45. The molecule has 0 radical (unpaired) electrons. The second kappa shape index (κ2) is 10.4. The Kier molecular flexibility index (Phi) is 7.30. The maximum Gasteiger partial charge on any atom is 0.338 e. The number of hydrogen-bond acceptors (Lipinski definition) is 9. The molecule has 0 amide bonds. The molecule has 9 nitrogen and oxygen atoms in total. The Hall–Kier alpha value is -4.18. The van der Waals surface area contributed by atoms with Gasteiger partial charge in [0.05, 0.1) is 5.56 Å². The molecular weight excluding hydrogens is 480 g/mol. The van der Waals surface area contributed by atoms with Crippen LogP contribution < -0.4 is 0 Å². The van der Waals surface area contributed by atoms with Gasteiger partial charge >= 0.3 is 11.9 Å². The summed E-state index contributed by atoms with van der Waals surface area (Å²) in [6, 6.07) is 22.8. The number of hydrogen-bond donors (Lipinski definition) is 2. The highest BCUT2D eigenvalue weighted by Crippen LogP contribution is 2.45. The van der Waals surface area contributed by atoms with Crippen LogP contribution in [0, 0.1) is 0 Å². The van der Waals surface area contributed by atoms with Crippen LogP contribution in [0.2, 0.25) is 0 Å². The second-order valence-corrected chi connectivity index (χ2v) is 8.45. The van der Waals surface area contributed by atoms with Gasteiger partial charge in [0.1, 0.15) is 12.7 Å². The average molecular weight is 504 g/mol. The summed E-state index contributed by atoms with van der Waals surface area (Å²) in [5.74, 6) is -3.95. The quantitative estimate of drug-likeness (QED) is 0.350. The SMILES string of the molecule is CC(=O)O[C@@H]1O[C@H](COC(=O)c2ccccc2)[C@](O)(C(=O)c2ccccc2)[C@]1(O)C(=O)c1ccccc1. The van der Waals surface area contributed by atoms with E-state index in [1.807, 2.05) is 0 Å². The molecule has 190 valence electrons. The van der Waals surface area contributed by atoms with Crippen LogP contribution in [0.5, 0.6) is 0 Å². The van der Waals surface area contributed by atoms with Crippen molar-refractivity contribution in [3.8, 4) is 0 Å². The molecule has 1 fully saturated rings. The summed E-state index contributed by atoms with van der Waals surface area (Å²) in [5, 5.41) is 23.8. The third-order valence-electron chi connectivity index (χ3n) is 6.09. The first-order chi connectivity index (χ1) is 17.7. The van der Waals surface area contributed by atoms with Crippen LogP contribution >= 0.6 is 0 Å². The summed E-state index contributed by atoms with van der Waals surface area (Å²) in [7, 11) is 0. The lowest BCUT2D eigenvalue weighted by Crippen LogP contribution is -2.68. The summed E-state index contributed by atoms with van der Waals surface area (Å²) in [6.45, 7) is 0.266. The van der Waals surface area contributed by atoms with Crippen molar-refractivity contribution >= 4 is 23.5 Å². The van der Waals surface area contributed by atoms with Gasteiger partial charge in [-0.3, -0.25) is 14.4 Å². The molecule has 1 aliphatic heterocycles. The average Bonchev–Trinajstić information content (AvgIpc) is 3.14. The number of carbonyl (C=O) groups is 4. The largest absolute Gasteiger partial charge is 0.459 e. The van der Waals surface area contributed by atoms with Gasteiger partial charge in [-0.1, -0.05) is 78.9 Å². The first kappa shape index (κ1) is 25.9. The minimum absolute atomic E-state index is 0.0595. The molecule has 1 heterocycles. The fourth-order valence-electron chi connectivity index (χ4n) is 4.22. The zero-order valence-corrected chi connectivity index (χ0v) is 19.8. The van der Waals surface area contributed by atoms with Crippen LogP contribution in [0.1, 0.15) is 38.0 Å². The van der Waals surface area contributed by atoms with Crippen molar-refractivity contribution in [3.05, 3.63) is 108 Å². The number of ketones is 2. The summed E-state index contributed by atoms with van der Waals surface area (Å²) in [6.07, 6.45) is -3.87. The maximum absolute atomic E-state index is 13.8. The Balaban J connectivity index is 1.80.